The van der Waals surface area contributed by atoms with E-state index in [1.807, 2.05) is 0 Å². The average molecular weight is 285 g/mol. The molecule has 0 aliphatic heterocycles. The minimum atomic E-state index is -0.604. The zero-order chi connectivity index (χ0) is 14.4. The number of rotatable bonds is 4. The molecule has 0 aliphatic carbocycles. The van der Waals surface area contributed by atoms with E-state index < -0.39 is 11.7 Å². The van der Waals surface area contributed by atoms with Crippen molar-refractivity contribution in [3.63, 3.8) is 0 Å². The third-order valence-corrected chi connectivity index (χ3v) is 2.57. The van der Waals surface area contributed by atoms with E-state index in [9.17, 15) is 14.0 Å². The summed E-state index contributed by atoms with van der Waals surface area (Å²) in [7, 11) is 3.23. The predicted molar refractivity (Wildman–Crippen MR) is 73.1 cm³/mol. The molecule has 0 spiro atoms. The summed E-state index contributed by atoms with van der Waals surface area (Å²) < 4.78 is 13.4. The molecule has 0 atom stereocenters. The summed E-state index contributed by atoms with van der Waals surface area (Å²) in [5, 5.41) is 5.09. The van der Waals surface area contributed by atoms with Crippen LogP contribution in [0.4, 0.5) is 9.18 Å². The van der Waals surface area contributed by atoms with Gasteiger partial charge >= 0.3 is 6.03 Å². The molecular formula is C12H16FN3O2S. The second-order valence-corrected chi connectivity index (χ2v) is 4.56. The fourth-order valence-corrected chi connectivity index (χ4v) is 1.49. The fourth-order valence-electron chi connectivity index (χ4n) is 1.29. The van der Waals surface area contributed by atoms with Gasteiger partial charge in [-0.25, -0.2) is 9.18 Å². The van der Waals surface area contributed by atoms with E-state index in [-0.39, 0.29) is 24.7 Å². The number of amides is 3. The Morgan fingerprint density at radius 3 is 2.53 bits per heavy atom. The first kappa shape index (κ1) is 15.3. The Kier molecular flexibility index (Phi) is 5.62. The predicted octanol–water partition coefficient (Wildman–Crippen LogP) is 1.12. The zero-order valence-electron chi connectivity index (χ0n) is 10.7. The molecule has 0 bridgehead atoms. The lowest BCUT2D eigenvalue weighted by Crippen LogP contribution is -2.39. The summed E-state index contributed by atoms with van der Waals surface area (Å²) in [6.45, 7) is 0.486. The van der Waals surface area contributed by atoms with Crippen LogP contribution < -0.4 is 10.6 Å². The van der Waals surface area contributed by atoms with Gasteiger partial charge in [-0.05, 0) is 18.2 Å². The number of hydrogen-bond acceptors (Lipinski definition) is 3. The maximum absolute atomic E-state index is 13.4. The summed E-state index contributed by atoms with van der Waals surface area (Å²) in [4.78, 5) is 24.8. The number of nitrogens with one attached hydrogen (secondary N) is 2. The van der Waals surface area contributed by atoms with E-state index in [4.69, 9.17) is 0 Å². The summed E-state index contributed by atoms with van der Waals surface area (Å²) in [5.41, 5.74) is -0.0635. The molecule has 1 rings (SSSR count). The van der Waals surface area contributed by atoms with Crippen molar-refractivity contribution in [3.8, 4) is 0 Å². The second kappa shape index (κ2) is 6.98. The molecule has 0 radical (unpaired) electrons. The first-order valence-corrected chi connectivity index (χ1v) is 6.08. The van der Waals surface area contributed by atoms with Gasteiger partial charge in [0.05, 0.1) is 5.56 Å². The van der Waals surface area contributed by atoms with Gasteiger partial charge in [0.25, 0.3) is 5.91 Å². The van der Waals surface area contributed by atoms with Crippen molar-refractivity contribution in [2.45, 2.75) is 4.90 Å². The van der Waals surface area contributed by atoms with Crippen molar-refractivity contribution in [2.75, 3.05) is 27.2 Å². The molecule has 0 saturated heterocycles. The summed E-state index contributed by atoms with van der Waals surface area (Å²) >= 11 is 4.05. The van der Waals surface area contributed by atoms with Gasteiger partial charge < -0.3 is 15.5 Å². The lowest BCUT2D eigenvalue weighted by molar-refractivity contribution is 0.0949. The molecule has 0 heterocycles. The highest BCUT2D eigenvalue weighted by atomic mass is 32.1. The van der Waals surface area contributed by atoms with Gasteiger partial charge in [-0.2, -0.15) is 0 Å². The van der Waals surface area contributed by atoms with Crippen molar-refractivity contribution in [3.05, 3.63) is 29.6 Å². The molecular weight excluding hydrogens is 269 g/mol. The minimum absolute atomic E-state index is 0.0635. The maximum atomic E-state index is 13.4. The van der Waals surface area contributed by atoms with Crippen molar-refractivity contribution < 1.29 is 14.0 Å². The molecule has 19 heavy (non-hydrogen) atoms. The Balaban J connectivity index is 2.44. The number of nitrogens with zero attached hydrogens (tertiary/aromatic N) is 1. The van der Waals surface area contributed by atoms with Crippen molar-refractivity contribution in [1.82, 2.24) is 15.5 Å². The van der Waals surface area contributed by atoms with Crippen molar-refractivity contribution in [1.29, 1.82) is 0 Å². The Morgan fingerprint density at radius 2 is 1.89 bits per heavy atom. The van der Waals surface area contributed by atoms with Gasteiger partial charge in [0, 0.05) is 32.1 Å². The second-order valence-electron chi connectivity index (χ2n) is 4.05. The summed E-state index contributed by atoms with van der Waals surface area (Å²) in [5.74, 6) is -1.14. The molecule has 1 aromatic carbocycles. The molecule has 0 aliphatic rings. The van der Waals surface area contributed by atoms with E-state index in [1.54, 1.807) is 14.1 Å². The topological polar surface area (TPSA) is 61.4 Å². The smallest absolute Gasteiger partial charge is 0.316 e. The Bertz CT molecular complexity index is 480. The van der Waals surface area contributed by atoms with Crippen LogP contribution >= 0.6 is 12.6 Å². The summed E-state index contributed by atoms with van der Waals surface area (Å²) in [6, 6.07) is 3.75. The quantitative estimate of drug-likeness (QED) is 0.573. The Labute approximate surface area is 116 Å². The average Bonchev–Trinajstić information content (AvgIpc) is 2.36. The number of benzene rings is 1. The fraction of sp³-hybridized carbons (Fsp3) is 0.333. The van der Waals surface area contributed by atoms with Crippen LogP contribution in [0.25, 0.3) is 0 Å². The highest BCUT2D eigenvalue weighted by Crippen LogP contribution is 2.13. The van der Waals surface area contributed by atoms with E-state index in [2.05, 4.69) is 23.3 Å². The highest BCUT2D eigenvalue weighted by Gasteiger charge is 2.11. The SMILES string of the molecule is CN(C)C(=O)NCCNC(=O)c1cc(S)ccc1F. The van der Waals surface area contributed by atoms with Gasteiger partial charge in [0.2, 0.25) is 0 Å². The van der Waals surface area contributed by atoms with Crippen LogP contribution in [0, 0.1) is 5.82 Å². The molecule has 0 fully saturated rings. The standard InChI is InChI=1S/C12H16FN3O2S/c1-16(2)12(18)15-6-5-14-11(17)9-7-8(19)3-4-10(9)13/h3-4,7,19H,5-6H2,1-2H3,(H,14,17)(H,15,18). The lowest BCUT2D eigenvalue weighted by atomic mass is 10.2. The molecule has 0 aromatic heterocycles. The van der Waals surface area contributed by atoms with Crippen LogP contribution in [0.1, 0.15) is 10.4 Å². The van der Waals surface area contributed by atoms with Crippen LogP contribution in [-0.4, -0.2) is 44.0 Å². The first-order valence-electron chi connectivity index (χ1n) is 5.63. The minimum Gasteiger partial charge on any atom is -0.350 e. The monoisotopic (exact) mass is 285 g/mol. The molecule has 2 N–H and O–H groups in total. The van der Waals surface area contributed by atoms with Crippen LogP contribution in [0.5, 0.6) is 0 Å². The number of carbonyl (C=O) groups excluding carboxylic acids is 2. The van der Waals surface area contributed by atoms with Crippen LogP contribution in [0.3, 0.4) is 0 Å². The van der Waals surface area contributed by atoms with E-state index in [0.29, 0.717) is 4.90 Å². The Hall–Kier alpha value is -1.76. The lowest BCUT2D eigenvalue weighted by Gasteiger charge is -2.12. The van der Waals surface area contributed by atoms with E-state index in [0.717, 1.165) is 0 Å². The first-order chi connectivity index (χ1) is 8.91. The molecule has 7 heteroatoms. The maximum Gasteiger partial charge on any atom is 0.316 e. The van der Waals surface area contributed by atoms with E-state index >= 15 is 0 Å². The van der Waals surface area contributed by atoms with Crippen molar-refractivity contribution in [2.24, 2.45) is 0 Å². The highest BCUT2D eigenvalue weighted by molar-refractivity contribution is 7.80. The number of urea groups is 1. The van der Waals surface area contributed by atoms with Crippen LogP contribution in [-0.2, 0) is 0 Å². The van der Waals surface area contributed by atoms with Crippen molar-refractivity contribution >= 4 is 24.6 Å². The van der Waals surface area contributed by atoms with Crippen LogP contribution in [0.15, 0.2) is 23.1 Å². The zero-order valence-corrected chi connectivity index (χ0v) is 11.6. The van der Waals surface area contributed by atoms with Crippen LogP contribution in [0.2, 0.25) is 0 Å². The van der Waals surface area contributed by atoms with Gasteiger partial charge in [0.15, 0.2) is 0 Å². The molecule has 104 valence electrons. The molecule has 0 saturated carbocycles. The Morgan fingerprint density at radius 1 is 1.26 bits per heavy atom. The van der Waals surface area contributed by atoms with Gasteiger partial charge in [-0.15, -0.1) is 12.6 Å². The largest absolute Gasteiger partial charge is 0.350 e. The van der Waals surface area contributed by atoms with Gasteiger partial charge in [0.1, 0.15) is 5.82 Å². The summed E-state index contributed by atoms with van der Waals surface area (Å²) in [6.07, 6.45) is 0. The third-order valence-electron chi connectivity index (χ3n) is 2.29. The normalized spacial score (nSPS) is 9.89. The number of thiol groups is 1. The third kappa shape index (κ3) is 4.78. The molecule has 1 aromatic rings. The number of hydrogen-bond donors (Lipinski definition) is 3. The molecule has 5 nitrogen and oxygen atoms in total. The molecule has 3 amide bonds. The number of halogens is 1. The van der Waals surface area contributed by atoms with Gasteiger partial charge in [-0.1, -0.05) is 0 Å². The number of carbonyl (C=O) groups is 2. The van der Waals surface area contributed by atoms with Gasteiger partial charge in [-0.3, -0.25) is 4.79 Å². The van der Waals surface area contributed by atoms with E-state index in [1.165, 1.54) is 23.1 Å². The molecule has 0 unspecified atom stereocenters.